The zero-order valence-corrected chi connectivity index (χ0v) is 11.5. The summed E-state index contributed by atoms with van der Waals surface area (Å²) >= 11 is 3.70. The molecule has 2 rings (SSSR count). The van der Waals surface area contributed by atoms with E-state index in [4.69, 9.17) is 0 Å². The van der Waals surface area contributed by atoms with Gasteiger partial charge in [0.25, 0.3) is 0 Å². The molecule has 5 heteroatoms. The van der Waals surface area contributed by atoms with Gasteiger partial charge >= 0.3 is 0 Å². The maximum Gasteiger partial charge on any atom is 0.148 e. The van der Waals surface area contributed by atoms with Gasteiger partial charge in [0, 0.05) is 23.6 Å². The lowest BCUT2D eigenvalue weighted by Crippen LogP contribution is -2.40. The van der Waals surface area contributed by atoms with Crippen LogP contribution in [0, 0.1) is 0 Å². The number of nitrogens with zero attached hydrogens (tertiary/aromatic N) is 3. The molecule has 2 heterocycles. The summed E-state index contributed by atoms with van der Waals surface area (Å²) in [6.45, 7) is 6.70. The molecule has 1 aromatic rings. The Morgan fingerprint density at radius 2 is 2.00 bits per heavy atom. The van der Waals surface area contributed by atoms with E-state index in [1.807, 2.05) is 18.6 Å². The number of thioether (sulfide) groups is 2. The minimum Gasteiger partial charge on any atom is -0.353 e. The van der Waals surface area contributed by atoms with E-state index >= 15 is 0 Å². The molecule has 2 atom stereocenters. The molecule has 1 aromatic heterocycles. The summed E-state index contributed by atoms with van der Waals surface area (Å²) in [6.07, 6.45) is 5.72. The highest BCUT2D eigenvalue weighted by molar-refractivity contribution is 8.00. The van der Waals surface area contributed by atoms with Crippen LogP contribution in [0.5, 0.6) is 0 Å². The molecule has 0 N–H and O–H groups in total. The Morgan fingerprint density at radius 1 is 1.31 bits per heavy atom. The molecule has 0 radical (unpaired) electrons. The van der Waals surface area contributed by atoms with Crippen LogP contribution < -0.4 is 4.90 Å². The minimum absolute atomic E-state index is 0.670. The molecule has 3 nitrogen and oxygen atoms in total. The number of rotatable bonds is 2. The molecule has 88 valence electrons. The van der Waals surface area contributed by atoms with E-state index in [-0.39, 0.29) is 0 Å². The quantitative estimate of drug-likeness (QED) is 0.758. The van der Waals surface area contributed by atoms with Crippen molar-refractivity contribution in [1.29, 1.82) is 0 Å². The molecule has 16 heavy (non-hydrogen) atoms. The van der Waals surface area contributed by atoms with Crippen molar-refractivity contribution < 1.29 is 0 Å². The lowest BCUT2D eigenvalue weighted by molar-refractivity contribution is 0.712. The van der Waals surface area contributed by atoms with Crippen LogP contribution in [0.2, 0.25) is 0 Å². The normalized spacial score (nSPS) is 25.8. The first-order valence-corrected chi connectivity index (χ1v) is 7.62. The van der Waals surface area contributed by atoms with Crippen molar-refractivity contribution in [3.05, 3.63) is 12.4 Å². The van der Waals surface area contributed by atoms with Crippen molar-refractivity contribution in [2.75, 3.05) is 24.2 Å². The summed E-state index contributed by atoms with van der Waals surface area (Å²) < 4.78 is 0. The van der Waals surface area contributed by atoms with Gasteiger partial charge in [0.05, 0.1) is 12.4 Å². The zero-order valence-electron chi connectivity index (χ0n) is 9.88. The zero-order chi connectivity index (χ0) is 11.5. The Hall–Kier alpha value is -0.420. The third-order valence-corrected chi connectivity index (χ3v) is 4.39. The second-order valence-corrected chi connectivity index (χ2v) is 6.79. The van der Waals surface area contributed by atoms with Crippen molar-refractivity contribution in [3.8, 4) is 0 Å². The van der Waals surface area contributed by atoms with E-state index in [1.54, 1.807) is 11.8 Å². The second-order valence-electron chi connectivity index (χ2n) is 4.08. The maximum atomic E-state index is 4.60. The molecule has 1 aliphatic rings. The first-order valence-electron chi connectivity index (χ1n) is 5.45. The van der Waals surface area contributed by atoms with Crippen LogP contribution in [0.3, 0.4) is 0 Å². The van der Waals surface area contributed by atoms with Crippen LogP contribution in [-0.2, 0) is 0 Å². The first-order chi connectivity index (χ1) is 7.69. The second kappa shape index (κ2) is 5.27. The van der Waals surface area contributed by atoms with Gasteiger partial charge in [-0.15, -0.1) is 11.8 Å². The molecule has 0 aromatic carbocycles. The molecule has 0 bridgehead atoms. The molecule has 1 aliphatic heterocycles. The molecular weight excluding hydrogens is 238 g/mol. The minimum atomic E-state index is 0.670. The van der Waals surface area contributed by atoms with Gasteiger partial charge in [0.2, 0.25) is 0 Å². The molecule has 0 amide bonds. The predicted molar refractivity (Wildman–Crippen MR) is 72.5 cm³/mol. The summed E-state index contributed by atoms with van der Waals surface area (Å²) in [5.41, 5.74) is 0. The van der Waals surface area contributed by atoms with Crippen molar-refractivity contribution in [2.45, 2.75) is 29.4 Å². The van der Waals surface area contributed by atoms with E-state index in [1.165, 1.54) is 0 Å². The Kier molecular flexibility index (Phi) is 3.97. The number of aromatic nitrogens is 2. The fourth-order valence-electron chi connectivity index (χ4n) is 1.95. The Bertz CT molecular complexity index is 349. The summed E-state index contributed by atoms with van der Waals surface area (Å²) in [7, 11) is 0. The molecule has 0 aliphatic carbocycles. The first kappa shape index (κ1) is 12.0. The van der Waals surface area contributed by atoms with E-state index in [9.17, 15) is 0 Å². The largest absolute Gasteiger partial charge is 0.353 e. The highest BCUT2D eigenvalue weighted by atomic mass is 32.2. The molecule has 0 saturated carbocycles. The molecule has 1 saturated heterocycles. The van der Waals surface area contributed by atoms with Crippen LogP contribution in [0.15, 0.2) is 17.4 Å². The number of hydrogen-bond donors (Lipinski definition) is 0. The average Bonchev–Trinajstić information content (AvgIpc) is 2.28. The van der Waals surface area contributed by atoms with E-state index in [0.29, 0.717) is 10.5 Å². The fraction of sp³-hybridized carbons (Fsp3) is 0.636. The molecule has 2 unspecified atom stereocenters. The van der Waals surface area contributed by atoms with Gasteiger partial charge in [-0.2, -0.15) is 11.8 Å². The highest BCUT2D eigenvalue weighted by Crippen LogP contribution is 2.27. The van der Waals surface area contributed by atoms with E-state index in [2.05, 4.69) is 40.5 Å². The summed E-state index contributed by atoms with van der Waals surface area (Å²) in [5.74, 6) is 1.02. The lowest BCUT2D eigenvalue weighted by atomic mass is 10.3. The van der Waals surface area contributed by atoms with Gasteiger partial charge in [-0.05, 0) is 6.26 Å². The smallest absolute Gasteiger partial charge is 0.148 e. The van der Waals surface area contributed by atoms with Crippen LogP contribution in [0.25, 0.3) is 0 Å². The van der Waals surface area contributed by atoms with Crippen LogP contribution in [-0.4, -0.2) is 39.8 Å². The van der Waals surface area contributed by atoms with Gasteiger partial charge in [0.15, 0.2) is 0 Å². The van der Waals surface area contributed by atoms with Gasteiger partial charge < -0.3 is 4.90 Å². The van der Waals surface area contributed by atoms with Crippen LogP contribution in [0.1, 0.15) is 13.8 Å². The van der Waals surface area contributed by atoms with Crippen LogP contribution in [0.4, 0.5) is 5.82 Å². The summed E-state index contributed by atoms with van der Waals surface area (Å²) in [4.78, 5) is 11.2. The Morgan fingerprint density at radius 3 is 2.62 bits per heavy atom. The fourth-order valence-corrected chi connectivity index (χ4v) is 3.63. The third-order valence-electron chi connectivity index (χ3n) is 2.55. The lowest BCUT2D eigenvalue weighted by Gasteiger charge is -2.35. The van der Waals surface area contributed by atoms with Crippen molar-refractivity contribution >= 4 is 29.3 Å². The Balaban J connectivity index is 2.16. The van der Waals surface area contributed by atoms with Crippen molar-refractivity contribution in [1.82, 2.24) is 9.97 Å². The van der Waals surface area contributed by atoms with Gasteiger partial charge in [0.1, 0.15) is 10.8 Å². The molecule has 1 fully saturated rings. The number of anilines is 1. The van der Waals surface area contributed by atoms with Gasteiger partial charge in [-0.1, -0.05) is 13.8 Å². The highest BCUT2D eigenvalue weighted by Gasteiger charge is 2.23. The van der Waals surface area contributed by atoms with Crippen LogP contribution >= 0.6 is 23.5 Å². The van der Waals surface area contributed by atoms with Crippen molar-refractivity contribution in [3.63, 3.8) is 0 Å². The topological polar surface area (TPSA) is 29.0 Å². The van der Waals surface area contributed by atoms with Crippen molar-refractivity contribution in [2.24, 2.45) is 0 Å². The average molecular weight is 255 g/mol. The van der Waals surface area contributed by atoms with E-state index < -0.39 is 0 Å². The summed E-state index contributed by atoms with van der Waals surface area (Å²) in [6, 6.07) is 0. The monoisotopic (exact) mass is 255 g/mol. The summed E-state index contributed by atoms with van der Waals surface area (Å²) in [5, 5.41) is 2.34. The standard InChI is InChI=1S/C11H17N3S2/c1-8-6-14(7-9(2)16-8)10-4-12-5-11(13-10)15-3/h4-5,8-9H,6-7H2,1-3H3. The van der Waals surface area contributed by atoms with Gasteiger partial charge in [-0.3, -0.25) is 4.98 Å². The molecule has 0 spiro atoms. The maximum absolute atomic E-state index is 4.60. The Labute approximate surface area is 105 Å². The SMILES string of the molecule is CSc1cncc(N2CC(C)SC(C)C2)n1. The third kappa shape index (κ3) is 2.83. The van der Waals surface area contributed by atoms with Gasteiger partial charge in [-0.25, -0.2) is 4.98 Å². The predicted octanol–water partition coefficient (Wildman–Crippen LogP) is 2.53. The number of hydrogen-bond acceptors (Lipinski definition) is 5. The molecular formula is C11H17N3S2. The van der Waals surface area contributed by atoms with E-state index in [0.717, 1.165) is 23.9 Å².